The number of ether oxygens (including phenoxy) is 1. The first-order valence-corrected chi connectivity index (χ1v) is 14.6. The average molecular weight is 552 g/mol. The van der Waals surface area contributed by atoms with Crippen molar-refractivity contribution in [3.63, 3.8) is 0 Å². The van der Waals surface area contributed by atoms with Gasteiger partial charge in [-0.2, -0.15) is 0 Å². The number of carboxylic acid groups (broad SMARTS) is 1. The molecule has 3 heterocycles. The first-order chi connectivity index (χ1) is 18.7. The summed E-state index contributed by atoms with van der Waals surface area (Å²) >= 11 is 0. The number of benzene rings is 1. The van der Waals surface area contributed by atoms with Crippen LogP contribution in [0.25, 0.3) is 5.57 Å². The summed E-state index contributed by atoms with van der Waals surface area (Å²) in [5, 5.41) is 10.4. The van der Waals surface area contributed by atoms with E-state index in [1.54, 1.807) is 0 Å². The minimum atomic E-state index is -1.10. The van der Waals surface area contributed by atoms with Gasteiger partial charge in [0.25, 0.3) is 0 Å². The molecule has 40 heavy (non-hydrogen) atoms. The van der Waals surface area contributed by atoms with Gasteiger partial charge in [0, 0.05) is 55.2 Å². The van der Waals surface area contributed by atoms with Crippen molar-refractivity contribution in [2.24, 2.45) is 5.41 Å². The molecule has 1 fully saturated rings. The lowest BCUT2D eigenvalue weighted by molar-refractivity contribution is -0.160. The smallest absolute Gasteiger partial charge is 0.337 e. The van der Waals surface area contributed by atoms with Gasteiger partial charge in [0.05, 0.1) is 11.3 Å². The Balaban J connectivity index is 1.70. The number of aliphatic carboxylic acids is 1. The number of rotatable bonds is 8. The van der Waals surface area contributed by atoms with Crippen molar-refractivity contribution in [2.45, 2.75) is 85.9 Å². The molecule has 0 aliphatic carbocycles. The molecule has 4 rings (SSSR count). The Morgan fingerprint density at radius 3 is 2.30 bits per heavy atom. The van der Waals surface area contributed by atoms with E-state index < -0.39 is 17.7 Å². The Morgan fingerprint density at radius 1 is 1.10 bits per heavy atom. The number of pyridine rings is 1. The topological polar surface area (TPSA) is 65.9 Å². The molecule has 6 nitrogen and oxygen atoms in total. The van der Waals surface area contributed by atoms with E-state index in [4.69, 9.17) is 9.72 Å². The Hall–Kier alpha value is -2.77. The maximum Gasteiger partial charge on any atom is 0.337 e. The van der Waals surface area contributed by atoms with Crippen LogP contribution in [-0.2, 0) is 16.0 Å². The van der Waals surface area contributed by atoms with E-state index in [1.807, 2.05) is 46.8 Å². The van der Waals surface area contributed by atoms with E-state index in [0.29, 0.717) is 5.56 Å². The molecule has 2 aliphatic heterocycles. The molecule has 7 heteroatoms. The number of anilines is 1. The standard InChI is InChI=1S/C33H46FN3O3/c1-22-27(25-13-18-36(19-14-25)17-12-24-8-10-26(34)11-9-24)29(37-20-15-33(6,7)16-21-37)28(23(2)35-22)30(31(38)39)40-32(3,4)5/h8-11,13,30H,12,14-21H2,1-7H3,(H,38,39). The molecule has 1 saturated heterocycles. The summed E-state index contributed by atoms with van der Waals surface area (Å²) in [6.07, 6.45) is 5.00. The van der Waals surface area contributed by atoms with E-state index in [-0.39, 0.29) is 11.2 Å². The van der Waals surface area contributed by atoms with E-state index >= 15 is 0 Å². The summed E-state index contributed by atoms with van der Waals surface area (Å²) < 4.78 is 19.5. The average Bonchev–Trinajstić information content (AvgIpc) is 2.87. The third-order valence-corrected chi connectivity index (χ3v) is 8.21. The molecule has 0 spiro atoms. The molecular weight excluding hydrogens is 505 g/mol. The van der Waals surface area contributed by atoms with Gasteiger partial charge in [0.15, 0.2) is 6.10 Å². The van der Waals surface area contributed by atoms with Crippen LogP contribution in [0.4, 0.5) is 10.1 Å². The van der Waals surface area contributed by atoms with E-state index in [2.05, 4.69) is 29.7 Å². The summed E-state index contributed by atoms with van der Waals surface area (Å²) in [4.78, 5) is 22.4. The number of carboxylic acids is 1. The molecule has 1 N–H and O–H groups in total. The van der Waals surface area contributed by atoms with Gasteiger partial charge in [0.1, 0.15) is 5.82 Å². The highest BCUT2D eigenvalue weighted by Gasteiger charge is 2.37. The van der Waals surface area contributed by atoms with Crippen LogP contribution in [0.15, 0.2) is 30.3 Å². The van der Waals surface area contributed by atoms with Crippen molar-refractivity contribution < 1.29 is 19.0 Å². The predicted octanol–water partition coefficient (Wildman–Crippen LogP) is 6.74. The Morgan fingerprint density at radius 2 is 1.75 bits per heavy atom. The zero-order chi connectivity index (χ0) is 29.2. The van der Waals surface area contributed by atoms with Gasteiger partial charge in [-0.05, 0) is 89.0 Å². The summed E-state index contributed by atoms with van der Waals surface area (Å²) in [6.45, 7) is 18.6. The number of hydrogen-bond donors (Lipinski definition) is 1. The van der Waals surface area contributed by atoms with Crippen molar-refractivity contribution >= 4 is 17.2 Å². The van der Waals surface area contributed by atoms with Crippen LogP contribution >= 0.6 is 0 Å². The zero-order valence-corrected chi connectivity index (χ0v) is 25.3. The fraction of sp³-hybridized carbons (Fsp3) is 0.576. The predicted molar refractivity (Wildman–Crippen MR) is 159 cm³/mol. The minimum Gasteiger partial charge on any atom is -0.479 e. The monoisotopic (exact) mass is 551 g/mol. The molecule has 1 unspecified atom stereocenters. The summed E-state index contributed by atoms with van der Waals surface area (Å²) in [5.41, 5.74) is 6.39. The molecule has 0 bridgehead atoms. The molecular formula is C33H46FN3O3. The molecule has 0 radical (unpaired) electrons. The Kier molecular flexibility index (Phi) is 9.05. The molecule has 2 aromatic rings. The van der Waals surface area contributed by atoms with Crippen molar-refractivity contribution in [1.29, 1.82) is 0 Å². The summed E-state index contributed by atoms with van der Waals surface area (Å²) in [6, 6.07) is 6.75. The first kappa shape index (κ1) is 30.2. The lowest BCUT2D eigenvalue weighted by atomic mass is 9.81. The molecule has 0 amide bonds. The van der Waals surface area contributed by atoms with Crippen molar-refractivity contribution in [3.05, 3.63) is 64.2 Å². The van der Waals surface area contributed by atoms with Gasteiger partial charge in [-0.3, -0.25) is 9.88 Å². The fourth-order valence-electron chi connectivity index (χ4n) is 5.87. The second-order valence-corrected chi connectivity index (χ2v) is 13.2. The maximum atomic E-state index is 13.3. The highest BCUT2D eigenvalue weighted by atomic mass is 19.1. The zero-order valence-electron chi connectivity index (χ0n) is 25.3. The van der Waals surface area contributed by atoms with Crippen LogP contribution in [0.1, 0.15) is 88.1 Å². The number of piperidine rings is 1. The van der Waals surface area contributed by atoms with Gasteiger partial charge in [0.2, 0.25) is 0 Å². The van der Waals surface area contributed by atoms with Gasteiger partial charge in [-0.25, -0.2) is 9.18 Å². The van der Waals surface area contributed by atoms with Crippen LogP contribution in [0.5, 0.6) is 0 Å². The van der Waals surface area contributed by atoms with Gasteiger partial charge in [-0.1, -0.05) is 32.1 Å². The van der Waals surface area contributed by atoms with Crippen LogP contribution in [0.2, 0.25) is 0 Å². The maximum absolute atomic E-state index is 13.3. The third-order valence-electron chi connectivity index (χ3n) is 8.21. The fourth-order valence-corrected chi connectivity index (χ4v) is 5.87. The Bertz CT molecular complexity index is 1240. The number of carbonyl (C=O) groups is 1. The lowest BCUT2D eigenvalue weighted by Crippen LogP contribution is -2.40. The number of nitrogens with zero attached hydrogens (tertiary/aromatic N) is 3. The van der Waals surface area contributed by atoms with Gasteiger partial charge in [-0.15, -0.1) is 0 Å². The molecule has 218 valence electrons. The van der Waals surface area contributed by atoms with E-state index in [9.17, 15) is 14.3 Å². The molecule has 0 saturated carbocycles. The highest BCUT2D eigenvalue weighted by molar-refractivity contribution is 5.86. The molecule has 1 aromatic carbocycles. The molecule has 1 atom stereocenters. The second-order valence-electron chi connectivity index (χ2n) is 13.2. The molecule has 1 aromatic heterocycles. The quantitative estimate of drug-likeness (QED) is 0.392. The van der Waals surface area contributed by atoms with Crippen LogP contribution in [0.3, 0.4) is 0 Å². The normalized spacial score (nSPS) is 18.9. The highest BCUT2D eigenvalue weighted by Crippen LogP contribution is 2.44. The number of aromatic nitrogens is 1. The van der Waals surface area contributed by atoms with Crippen LogP contribution in [-0.4, -0.2) is 59.3 Å². The second kappa shape index (κ2) is 12.0. The number of aryl methyl sites for hydroxylation is 2. The van der Waals surface area contributed by atoms with Crippen LogP contribution in [0, 0.1) is 25.1 Å². The van der Waals surface area contributed by atoms with Crippen molar-refractivity contribution in [2.75, 3.05) is 37.6 Å². The third kappa shape index (κ3) is 7.29. The van der Waals surface area contributed by atoms with E-state index in [0.717, 1.165) is 86.6 Å². The van der Waals surface area contributed by atoms with Gasteiger partial charge >= 0.3 is 5.97 Å². The SMILES string of the molecule is Cc1nc(C)c(C(OC(C)(C)C)C(=O)O)c(N2CCC(C)(C)CC2)c1C1=CCN(CCc2ccc(F)cc2)CC1. The minimum absolute atomic E-state index is 0.207. The van der Waals surface area contributed by atoms with Crippen molar-refractivity contribution in [1.82, 2.24) is 9.88 Å². The number of halogens is 1. The Labute approximate surface area is 239 Å². The summed E-state index contributed by atoms with van der Waals surface area (Å²) in [5.74, 6) is -1.19. The van der Waals surface area contributed by atoms with Crippen molar-refractivity contribution in [3.8, 4) is 0 Å². The van der Waals surface area contributed by atoms with E-state index in [1.165, 1.54) is 17.7 Å². The van der Waals surface area contributed by atoms with Gasteiger partial charge < -0.3 is 14.7 Å². The largest absolute Gasteiger partial charge is 0.479 e. The number of hydrogen-bond acceptors (Lipinski definition) is 5. The van der Waals surface area contributed by atoms with Crippen LogP contribution < -0.4 is 4.90 Å². The molecule has 2 aliphatic rings. The first-order valence-electron chi connectivity index (χ1n) is 14.6. The summed E-state index contributed by atoms with van der Waals surface area (Å²) in [7, 11) is 0. The lowest BCUT2D eigenvalue weighted by Gasteiger charge is -2.41.